The zero-order chi connectivity index (χ0) is 19.8. The van der Waals surface area contributed by atoms with Crippen molar-refractivity contribution in [2.45, 2.75) is 32.1 Å². The molecule has 1 fully saturated rings. The van der Waals surface area contributed by atoms with E-state index in [0.717, 1.165) is 32.2 Å². The molecule has 0 aliphatic carbocycles. The Hall–Kier alpha value is -3.09. The lowest BCUT2D eigenvalue weighted by Crippen LogP contribution is -2.34. The van der Waals surface area contributed by atoms with Crippen LogP contribution in [-0.2, 0) is 4.79 Å². The lowest BCUT2D eigenvalue weighted by Gasteiger charge is -2.20. The number of hydrogen-bond acceptors (Lipinski definition) is 4. The number of furan rings is 1. The molecule has 3 amide bonds. The summed E-state index contributed by atoms with van der Waals surface area (Å²) in [6.07, 6.45) is 5.94. The van der Waals surface area contributed by atoms with Crippen LogP contribution in [0.25, 0.3) is 0 Å². The third kappa shape index (κ3) is 5.45. The smallest absolute Gasteiger partial charge is 0.291 e. The van der Waals surface area contributed by atoms with Gasteiger partial charge in [-0.2, -0.15) is 0 Å². The van der Waals surface area contributed by atoms with Crippen molar-refractivity contribution in [1.29, 1.82) is 0 Å². The molecule has 1 aliphatic rings. The lowest BCUT2D eigenvalue weighted by atomic mass is 10.2. The van der Waals surface area contributed by atoms with Crippen LogP contribution in [0.3, 0.4) is 0 Å². The predicted octanol–water partition coefficient (Wildman–Crippen LogP) is 3.05. The van der Waals surface area contributed by atoms with E-state index in [0.29, 0.717) is 30.8 Å². The number of carbonyl (C=O) groups is 3. The molecular formula is C21H25N3O4. The van der Waals surface area contributed by atoms with E-state index < -0.39 is 0 Å². The van der Waals surface area contributed by atoms with E-state index in [1.54, 1.807) is 36.4 Å². The molecule has 3 rings (SSSR count). The number of anilines is 1. The van der Waals surface area contributed by atoms with Gasteiger partial charge in [-0.15, -0.1) is 0 Å². The van der Waals surface area contributed by atoms with Crippen molar-refractivity contribution >= 4 is 23.4 Å². The fraction of sp³-hybridized carbons (Fsp3) is 0.381. The molecule has 2 heterocycles. The Bertz CT molecular complexity index is 800. The second kappa shape index (κ2) is 9.73. The summed E-state index contributed by atoms with van der Waals surface area (Å²) < 4.78 is 5.04. The Labute approximate surface area is 164 Å². The van der Waals surface area contributed by atoms with Crippen LogP contribution in [0.2, 0.25) is 0 Å². The zero-order valence-electron chi connectivity index (χ0n) is 15.8. The molecule has 0 bridgehead atoms. The molecule has 7 nitrogen and oxygen atoms in total. The van der Waals surface area contributed by atoms with Crippen molar-refractivity contribution in [3.8, 4) is 0 Å². The predicted molar refractivity (Wildman–Crippen MR) is 105 cm³/mol. The first-order valence-corrected chi connectivity index (χ1v) is 9.64. The van der Waals surface area contributed by atoms with Crippen LogP contribution in [0.15, 0.2) is 47.1 Å². The standard InChI is InChI=1S/C21H25N3O4/c25-19-7-2-1-3-13-24(19)14-5-12-22-20(26)16-8-10-17(11-9-16)23-21(27)18-6-4-15-28-18/h4,6,8-11,15H,1-3,5,7,12-14H2,(H,22,26)(H,23,27). The molecule has 28 heavy (non-hydrogen) atoms. The van der Waals surface area contributed by atoms with Gasteiger partial charge >= 0.3 is 0 Å². The molecule has 1 aromatic heterocycles. The first-order valence-electron chi connectivity index (χ1n) is 9.64. The third-order valence-corrected chi connectivity index (χ3v) is 4.71. The van der Waals surface area contributed by atoms with Crippen molar-refractivity contribution in [2.24, 2.45) is 0 Å². The molecule has 2 aromatic rings. The number of nitrogens with zero attached hydrogens (tertiary/aromatic N) is 1. The summed E-state index contributed by atoms with van der Waals surface area (Å²) in [5, 5.41) is 5.58. The summed E-state index contributed by atoms with van der Waals surface area (Å²) in [6, 6.07) is 9.88. The zero-order valence-corrected chi connectivity index (χ0v) is 15.8. The van der Waals surface area contributed by atoms with Crippen molar-refractivity contribution in [2.75, 3.05) is 25.0 Å². The second-order valence-corrected chi connectivity index (χ2v) is 6.81. The number of hydrogen-bond donors (Lipinski definition) is 2. The van der Waals surface area contributed by atoms with Crippen LogP contribution in [0.1, 0.15) is 53.0 Å². The summed E-state index contributed by atoms with van der Waals surface area (Å²) in [5.74, 6) is -0.0721. The molecule has 148 valence electrons. The Morgan fingerprint density at radius 1 is 1.04 bits per heavy atom. The summed E-state index contributed by atoms with van der Waals surface area (Å²) in [5.41, 5.74) is 1.10. The van der Waals surface area contributed by atoms with Gasteiger partial charge in [0.1, 0.15) is 0 Å². The van der Waals surface area contributed by atoms with E-state index in [-0.39, 0.29) is 23.5 Å². The van der Waals surface area contributed by atoms with Crippen LogP contribution in [0.5, 0.6) is 0 Å². The molecule has 1 aromatic carbocycles. The third-order valence-electron chi connectivity index (χ3n) is 4.71. The molecule has 0 saturated carbocycles. The Balaban J connectivity index is 1.42. The van der Waals surface area contributed by atoms with Crippen LogP contribution >= 0.6 is 0 Å². The fourth-order valence-corrected chi connectivity index (χ4v) is 3.15. The van der Waals surface area contributed by atoms with Crippen LogP contribution in [0.4, 0.5) is 5.69 Å². The van der Waals surface area contributed by atoms with E-state index in [2.05, 4.69) is 10.6 Å². The van der Waals surface area contributed by atoms with Crippen LogP contribution < -0.4 is 10.6 Å². The molecule has 0 unspecified atom stereocenters. The topological polar surface area (TPSA) is 91.7 Å². The molecule has 2 N–H and O–H groups in total. The Kier molecular flexibility index (Phi) is 6.84. The van der Waals surface area contributed by atoms with Gasteiger partial charge in [0.25, 0.3) is 11.8 Å². The first kappa shape index (κ1) is 19.7. The van der Waals surface area contributed by atoms with Crippen molar-refractivity contribution in [3.05, 3.63) is 54.0 Å². The average Bonchev–Trinajstić information content (AvgIpc) is 3.17. The van der Waals surface area contributed by atoms with Gasteiger partial charge in [0.2, 0.25) is 5.91 Å². The molecule has 0 atom stereocenters. The van der Waals surface area contributed by atoms with Gasteiger partial charge in [-0.05, 0) is 55.7 Å². The Morgan fingerprint density at radius 3 is 2.61 bits per heavy atom. The molecular weight excluding hydrogens is 358 g/mol. The minimum Gasteiger partial charge on any atom is -0.459 e. The van der Waals surface area contributed by atoms with Gasteiger partial charge in [0.05, 0.1) is 6.26 Å². The normalized spacial score (nSPS) is 14.4. The maximum atomic E-state index is 12.2. The van der Waals surface area contributed by atoms with Crippen molar-refractivity contribution in [3.63, 3.8) is 0 Å². The van der Waals surface area contributed by atoms with Crippen LogP contribution in [-0.4, -0.2) is 42.3 Å². The quantitative estimate of drug-likeness (QED) is 0.719. The highest BCUT2D eigenvalue weighted by atomic mass is 16.3. The molecule has 0 radical (unpaired) electrons. The maximum absolute atomic E-state index is 12.2. The minimum atomic E-state index is -0.342. The van der Waals surface area contributed by atoms with Gasteiger partial charge < -0.3 is 20.0 Å². The molecule has 7 heteroatoms. The number of carbonyl (C=O) groups excluding carboxylic acids is 3. The van der Waals surface area contributed by atoms with Gasteiger partial charge in [0, 0.05) is 37.3 Å². The number of likely N-dealkylation sites (tertiary alicyclic amines) is 1. The SMILES string of the molecule is O=C(NCCCN1CCCCCC1=O)c1ccc(NC(=O)c2ccco2)cc1. The van der Waals surface area contributed by atoms with E-state index in [1.807, 2.05) is 4.90 Å². The number of nitrogens with one attached hydrogen (secondary N) is 2. The largest absolute Gasteiger partial charge is 0.459 e. The summed E-state index contributed by atoms with van der Waals surface area (Å²) in [7, 11) is 0. The summed E-state index contributed by atoms with van der Waals surface area (Å²) in [4.78, 5) is 38.0. The fourth-order valence-electron chi connectivity index (χ4n) is 3.15. The maximum Gasteiger partial charge on any atom is 0.291 e. The highest BCUT2D eigenvalue weighted by Gasteiger charge is 2.16. The van der Waals surface area contributed by atoms with Gasteiger partial charge in [-0.3, -0.25) is 14.4 Å². The Morgan fingerprint density at radius 2 is 1.86 bits per heavy atom. The van der Waals surface area contributed by atoms with E-state index in [4.69, 9.17) is 4.42 Å². The van der Waals surface area contributed by atoms with Crippen molar-refractivity contribution < 1.29 is 18.8 Å². The summed E-state index contributed by atoms with van der Waals surface area (Å²) >= 11 is 0. The molecule has 1 aliphatic heterocycles. The lowest BCUT2D eigenvalue weighted by molar-refractivity contribution is -0.130. The monoisotopic (exact) mass is 383 g/mol. The van der Waals surface area contributed by atoms with Gasteiger partial charge in [-0.1, -0.05) is 6.42 Å². The van der Waals surface area contributed by atoms with E-state index in [9.17, 15) is 14.4 Å². The minimum absolute atomic E-state index is 0.175. The second-order valence-electron chi connectivity index (χ2n) is 6.81. The number of benzene rings is 1. The molecule has 1 saturated heterocycles. The number of rotatable bonds is 7. The summed E-state index contributed by atoms with van der Waals surface area (Å²) in [6.45, 7) is 2.01. The average molecular weight is 383 g/mol. The van der Waals surface area contributed by atoms with E-state index >= 15 is 0 Å². The van der Waals surface area contributed by atoms with Gasteiger partial charge in [0.15, 0.2) is 5.76 Å². The molecule has 0 spiro atoms. The highest BCUT2D eigenvalue weighted by molar-refractivity contribution is 6.02. The highest BCUT2D eigenvalue weighted by Crippen LogP contribution is 2.13. The van der Waals surface area contributed by atoms with Crippen LogP contribution in [0, 0.1) is 0 Å². The number of amides is 3. The first-order chi connectivity index (χ1) is 13.6. The van der Waals surface area contributed by atoms with Gasteiger partial charge in [-0.25, -0.2) is 0 Å². The van der Waals surface area contributed by atoms with E-state index in [1.165, 1.54) is 6.26 Å². The van der Waals surface area contributed by atoms with Crippen molar-refractivity contribution in [1.82, 2.24) is 10.2 Å².